The van der Waals surface area contributed by atoms with Crippen LogP contribution in [0.2, 0.25) is 0 Å². The molecule has 2 aromatic heterocycles. The normalized spacial score (nSPS) is 13.2. The van der Waals surface area contributed by atoms with Crippen LogP contribution >= 0.6 is 0 Å². The minimum Gasteiger partial charge on any atom is -0.395 e. The maximum Gasteiger partial charge on any atom is 0.242 e. The number of hydrogen-bond acceptors (Lipinski definition) is 4. The van der Waals surface area contributed by atoms with Gasteiger partial charge in [-0.25, -0.2) is 17.5 Å². The van der Waals surface area contributed by atoms with Crippen molar-refractivity contribution in [1.29, 1.82) is 0 Å². The zero-order valence-corrected chi connectivity index (χ0v) is 13.4. The molecule has 0 saturated carbocycles. The monoisotopic (exact) mass is 349 g/mol. The fraction of sp³-hybridized carbons (Fsp3) is 0.188. The Morgan fingerprint density at radius 1 is 1.29 bits per heavy atom. The van der Waals surface area contributed by atoms with Crippen LogP contribution in [0.3, 0.4) is 0 Å². The second-order valence-electron chi connectivity index (χ2n) is 5.40. The Bertz CT molecular complexity index is 956. The molecule has 3 aromatic rings. The number of hydrogen-bond donors (Lipinski definition) is 3. The van der Waals surface area contributed by atoms with Gasteiger partial charge in [0.2, 0.25) is 10.0 Å². The van der Waals surface area contributed by atoms with Gasteiger partial charge in [-0.3, -0.25) is 4.98 Å². The SMILES string of the molecule is O=S(=O)(N[C@H](CO)Cc1c[nH]c2ccccc12)c1cncc(F)c1. The molecule has 8 heteroatoms. The summed E-state index contributed by atoms with van der Waals surface area (Å²) in [4.78, 5) is 6.36. The highest BCUT2D eigenvalue weighted by molar-refractivity contribution is 7.89. The zero-order valence-electron chi connectivity index (χ0n) is 12.6. The van der Waals surface area contributed by atoms with Gasteiger partial charge < -0.3 is 10.1 Å². The molecule has 1 aromatic carbocycles. The summed E-state index contributed by atoms with van der Waals surface area (Å²) in [6.07, 6.45) is 4.06. The number of fused-ring (bicyclic) bond motifs is 1. The molecule has 0 amide bonds. The van der Waals surface area contributed by atoms with Crippen molar-refractivity contribution >= 4 is 20.9 Å². The van der Waals surface area contributed by atoms with Crippen molar-refractivity contribution in [3.63, 3.8) is 0 Å². The summed E-state index contributed by atoms with van der Waals surface area (Å²) in [7, 11) is -3.97. The lowest BCUT2D eigenvalue weighted by Crippen LogP contribution is -2.39. The molecular formula is C16H16FN3O3S. The third-order valence-corrected chi connectivity index (χ3v) is 5.16. The predicted molar refractivity (Wildman–Crippen MR) is 87.4 cm³/mol. The Morgan fingerprint density at radius 2 is 2.08 bits per heavy atom. The molecule has 3 rings (SSSR count). The number of aliphatic hydroxyl groups excluding tert-OH is 1. The molecular weight excluding hydrogens is 333 g/mol. The maximum atomic E-state index is 13.2. The first kappa shape index (κ1) is 16.6. The Hall–Kier alpha value is -2.29. The Morgan fingerprint density at radius 3 is 2.83 bits per heavy atom. The molecule has 0 unspecified atom stereocenters. The number of para-hydroxylation sites is 1. The van der Waals surface area contributed by atoms with Gasteiger partial charge in [0.05, 0.1) is 12.8 Å². The van der Waals surface area contributed by atoms with Crippen LogP contribution in [0.5, 0.6) is 0 Å². The molecule has 2 heterocycles. The second-order valence-corrected chi connectivity index (χ2v) is 7.12. The number of aromatic nitrogens is 2. The van der Waals surface area contributed by atoms with Crippen LogP contribution in [0, 0.1) is 5.82 Å². The van der Waals surface area contributed by atoms with Crippen molar-refractivity contribution < 1.29 is 17.9 Å². The minimum absolute atomic E-state index is 0.278. The lowest BCUT2D eigenvalue weighted by Gasteiger charge is -2.16. The topological polar surface area (TPSA) is 95.1 Å². The van der Waals surface area contributed by atoms with Crippen molar-refractivity contribution in [2.45, 2.75) is 17.4 Å². The molecule has 1 atom stereocenters. The van der Waals surface area contributed by atoms with E-state index in [1.165, 1.54) is 0 Å². The highest BCUT2D eigenvalue weighted by atomic mass is 32.2. The van der Waals surface area contributed by atoms with Crippen LogP contribution in [0.1, 0.15) is 5.56 Å². The number of pyridine rings is 1. The van der Waals surface area contributed by atoms with E-state index in [0.717, 1.165) is 34.9 Å². The molecule has 0 fully saturated rings. The standard InChI is InChI=1S/C16H16FN3O3S/c17-12-6-14(9-18-8-12)24(22,23)20-13(10-21)5-11-7-19-16-4-2-1-3-15(11)16/h1-4,6-9,13,19-21H,5,10H2/t13-/m0/s1. The van der Waals surface area contributed by atoms with Gasteiger partial charge in [-0.1, -0.05) is 18.2 Å². The number of nitrogens with zero attached hydrogens (tertiary/aromatic N) is 1. The molecule has 24 heavy (non-hydrogen) atoms. The van der Waals surface area contributed by atoms with E-state index in [1.807, 2.05) is 24.3 Å². The summed E-state index contributed by atoms with van der Waals surface area (Å²) >= 11 is 0. The van der Waals surface area contributed by atoms with Crippen LogP contribution in [-0.2, 0) is 16.4 Å². The number of aromatic amines is 1. The summed E-state index contributed by atoms with van der Waals surface area (Å²) in [6.45, 7) is -0.387. The number of aliphatic hydroxyl groups is 1. The Labute approximate surface area is 138 Å². The molecule has 0 bridgehead atoms. The number of halogens is 1. The highest BCUT2D eigenvalue weighted by Crippen LogP contribution is 2.19. The smallest absolute Gasteiger partial charge is 0.242 e. The van der Waals surface area contributed by atoms with Crippen LogP contribution in [0.15, 0.2) is 53.8 Å². The van der Waals surface area contributed by atoms with Crippen molar-refractivity contribution in [2.24, 2.45) is 0 Å². The van der Waals surface area contributed by atoms with Crippen molar-refractivity contribution in [3.8, 4) is 0 Å². The van der Waals surface area contributed by atoms with E-state index in [1.54, 1.807) is 6.20 Å². The molecule has 0 aliphatic heterocycles. The fourth-order valence-electron chi connectivity index (χ4n) is 2.54. The third-order valence-electron chi connectivity index (χ3n) is 3.67. The van der Waals surface area contributed by atoms with Gasteiger partial charge in [0.1, 0.15) is 10.7 Å². The zero-order chi connectivity index (χ0) is 17.2. The lowest BCUT2D eigenvalue weighted by atomic mass is 10.1. The van der Waals surface area contributed by atoms with Crippen molar-refractivity contribution in [1.82, 2.24) is 14.7 Å². The quantitative estimate of drug-likeness (QED) is 0.630. The first-order chi connectivity index (χ1) is 11.5. The Kier molecular flexibility index (Phi) is 4.61. The predicted octanol–water partition coefficient (Wildman–Crippen LogP) is 1.58. The van der Waals surface area contributed by atoms with Crippen LogP contribution in [0.4, 0.5) is 4.39 Å². The Balaban J connectivity index is 1.82. The van der Waals surface area contributed by atoms with Crippen LogP contribution < -0.4 is 4.72 Å². The minimum atomic E-state index is -3.97. The average molecular weight is 349 g/mol. The lowest BCUT2D eigenvalue weighted by molar-refractivity contribution is 0.256. The summed E-state index contributed by atoms with van der Waals surface area (Å²) in [6, 6.07) is 7.76. The molecule has 126 valence electrons. The van der Waals surface area contributed by atoms with E-state index >= 15 is 0 Å². The van der Waals surface area contributed by atoms with Gasteiger partial charge in [-0.15, -0.1) is 0 Å². The summed E-state index contributed by atoms with van der Waals surface area (Å²) < 4.78 is 40.2. The number of rotatable bonds is 6. The average Bonchev–Trinajstić information content (AvgIpc) is 2.97. The third kappa shape index (κ3) is 3.45. The molecule has 0 aliphatic rings. The fourth-order valence-corrected chi connectivity index (χ4v) is 3.74. The van der Waals surface area contributed by atoms with E-state index in [0.29, 0.717) is 6.42 Å². The molecule has 3 N–H and O–H groups in total. The molecule has 6 nitrogen and oxygen atoms in total. The van der Waals surface area contributed by atoms with E-state index < -0.39 is 21.9 Å². The largest absolute Gasteiger partial charge is 0.395 e. The summed E-state index contributed by atoms with van der Waals surface area (Å²) in [5.41, 5.74) is 1.81. The van der Waals surface area contributed by atoms with Gasteiger partial charge in [0.25, 0.3) is 0 Å². The van der Waals surface area contributed by atoms with Gasteiger partial charge in [0.15, 0.2) is 0 Å². The molecule has 0 radical (unpaired) electrons. The van der Waals surface area contributed by atoms with Gasteiger partial charge in [-0.2, -0.15) is 0 Å². The van der Waals surface area contributed by atoms with Crippen molar-refractivity contribution in [2.75, 3.05) is 6.61 Å². The van der Waals surface area contributed by atoms with Crippen molar-refractivity contribution in [3.05, 3.63) is 60.3 Å². The number of nitrogens with one attached hydrogen (secondary N) is 2. The number of H-pyrrole nitrogens is 1. The summed E-state index contributed by atoms with van der Waals surface area (Å²) in [5, 5.41) is 10.5. The van der Waals surface area contributed by atoms with E-state index in [2.05, 4.69) is 14.7 Å². The van der Waals surface area contributed by atoms with E-state index in [-0.39, 0.29) is 11.5 Å². The number of sulfonamides is 1. The maximum absolute atomic E-state index is 13.2. The van der Waals surface area contributed by atoms with E-state index in [9.17, 15) is 17.9 Å². The van der Waals surface area contributed by atoms with E-state index in [4.69, 9.17) is 0 Å². The van der Waals surface area contributed by atoms with Gasteiger partial charge in [-0.05, 0) is 24.1 Å². The number of benzene rings is 1. The van der Waals surface area contributed by atoms with Gasteiger partial charge >= 0.3 is 0 Å². The second kappa shape index (κ2) is 6.68. The molecule has 0 spiro atoms. The van der Waals surface area contributed by atoms with Gasteiger partial charge in [0, 0.05) is 29.3 Å². The summed E-state index contributed by atoms with van der Waals surface area (Å²) in [5.74, 6) is -0.741. The first-order valence-electron chi connectivity index (χ1n) is 7.28. The highest BCUT2D eigenvalue weighted by Gasteiger charge is 2.21. The van der Waals surface area contributed by atoms with Crippen LogP contribution in [-0.4, -0.2) is 36.1 Å². The first-order valence-corrected chi connectivity index (χ1v) is 8.76. The van der Waals surface area contributed by atoms with Crippen LogP contribution in [0.25, 0.3) is 10.9 Å². The molecule has 0 saturated heterocycles. The molecule has 0 aliphatic carbocycles.